The normalized spacial score (nSPS) is 9.93. The van der Waals surface area contributed by atoms with Crippen molar-refractivity contribution < 1.29 is 14.6 Å². The van der Waals surface area contributed by atoms with Crippen LogP contribution in [0.5, 0.6) is 5.75 Å². The summed E-state index contributed by atoms with van der Waals surface area (Å²) in [5, 5.41) is 8.70. The van der Waals surface area contributed by atoms with Crippen LogP contribution in [0.3, 0.4) is 0 Å². The van der Waals surface area contributed by atoms with Crippen molar-refractivity contribution in [3.8, 4) is 5.75 Å². The zero-order valence-corrected chi connectivity index (χ0v) is 9.59. The summed E-state index contributed by atoms with van der Waals surface area (Å²) in [7, 11) is 1.53. The number of halogens is 1. The van der Waals surface area contributed by atoms with Gasteiger partial charge in [-0.05, 0) is 34.5 Å². The van der Waals surface area contributed by atoms with Gasteiger partial charge in [0.25, 0.3) is 0 Å². The minimum atomic E-state index is -0.860. The Morgan fingerprint density at radius 2 is 2.21 bits per heavy atom. The smallest absolute Gasteiger partial charge is 0.307 e. The van der Waals surface area contributed by atoms with Gasteiger partial charge in [0.15, 0.2) is 0 Å². The maximum atomic E-state index is 10.6. The largest absolute Gasteiger partial charge is 0.495 e. The Kier molecular flexibility index (Phi) is 3.52. The van der Waals surface area contributed by atoms with Crippen molar-refractivity contribution >= 4 is 21.9 Å². The summed E-state index contributed by atoms with van der Waals surface area (Å²) in [6.45, 7) is 1.91. The molecule has 1 aromatic carbocycles. The Morgan fingerprint density at radius 3 is 2.71 bits per heavy atom. The highest BCUT2D eigenvalue weighted by molar-refractivity contribution is 9.10. The molecule has 0 aromatic heterocycles. The Morgan fingerprint density at radius 1 is 1.57 bits per heavy atom. The quantitative estimate of drug-likeness (QED) is 0.906. The average molecular weight is 259 g/mol. The number of carboxylic acids is 1. The van der Waals surface area contributed by atoms with Crippen molar-refractivity contribution in [2.75, 3.05) is 7.11 Å². The molecule has 0 bridgehead atoms. The van der Waals surface area contributed by atoms with E-state index in [2.05, 4.69) is 15.9 Å². The molecule has 0 aliphatic carbocycles. The number of hydrogen-bond acceptors (Lipinski definition) is 2. The van der Waals surface area contributed by atoms with E-state index in [1.54, 1.807) is 0 Å². The molecule has 3 nitrogen and oxygen atoms in total. The fourth-order valence-electron chi connectivity index (χ4n) is 1.32. The third-order valence-electron chi connectivity index (χ3n) is 1.81. The van der Waals surface area contributed by atoms with Crippen LogP contribution >= 0.6 is 15.9 Å². The van der Waals surface area contributed by atoms with E-state index in [9.17, 15) is 4.79 Å². The summed E-state index contributed by atoms with van der Waals surface area (Å²) in [5.74, 6) is -0.265. The van der Waals surface area contributed by atoms with Gasteiger partial charge in [0.05, 0.1) is 18.0 Å². The second-order valence-electron chi connectivity index (χ2n) is 3.01. The molecule has 0 spiro atoms. The fourth-order valence-corrected chi connectivity index (χ4v) is 2.10. The summed E-state index contributed by atoms with van der Waals surface area (Å²) in [4.78, 5) is 10.6. The summed E-state index contributed by atoms with van der Waals surface area (Å²) in [6, 6.07) is 3.71. The summed E-state index contributed by atoms with van der Waals surface area (Å²) < 4.78 is 5.91. The first-order valence-corrected chi connectivity index (χ1v) is 4.88. The van der Waals surface area contributed by atoms with E-state index < -0.39 is 5.97 Å². The molecule has 0 fully saturated rings. The Bertz CT molecular complexity index is 361. The number of hydrogen-bond donors (Lipinski definition) is 1. The van der Waals surface area contributed by atoms with Gasteiger partial charge in [0.1, 0.15) is 5.75 Å². The highest BCUT2D eigenvalue weighted by Gasteiger charge is 2.11. The van der Waals surface area contributed by atoms with Crippen molar-refractivity contribution in [2.24, 2.45) is 0 Å². The molecule has 0 aliphatic heterocycles. The third kappa shape index (κ3) is 2.48. The minimum Gasteiger partial charge on any atom is -0.495 e. The van der Waals surface area contributed by atoms with Gasteiger partial charge in [-0.15, -0.1) is 0 Å². The number of carboxylic acid groups (broad SMARTS) is 1. The van der Waals surface area contributed by atoms with Gasteiger partial charge in [-0.25, -0.2) is 0 Å². The predicted molar refractivity (Wildman–Crippen MR) is 56.8 cm³/mol. The highest BCUT2D eigenvalue weighted by atomic mass is 79.9. The van der Waals surface area contributed by atoms with Crippen LogP contribution in [-0.4, -0.2) is 18.2 Å². The minimum absolute atomic E-state index is 0.0244. The average Bonchev–Trinajstić information content (AvgIpc) is 2.01. The van der Waals surface area contributed by atoms with Crippen molar-refractivity contribution in [1.82, 2.24) is 0 Å². The number of methoxy groups -OCH3 is 1. The molecule has 4 heteroatoms. The van der Waals surface area contributed by atoms with Gasteiger partial charge < -0.3 is 9.84 Å². The Labute approximate surface area is 90.8 Å². The van der Waals surface area contributed by atoms with Crippen molar-refractivity contribution in [3.05, 3.63) is 27.7 Å². The van der Waals surface area contributed by atoms with Crippen LogP contribution in [0, 0.1) is 6.92 Å². The van der Waals surface area contributed by atoms with Crippen molar-refractivity contribution in [2.45, 2.75) is 13.3 Å². The van der Waals surface area contributed by atoms with Crippen LogP contribution in [-0.2, 0) is 11.2 Å². The Balaban J connectivity index is 3.17. The van der Waals surface area contributed by atoms with Crippen LogP contribution in [0.1, 0.15) is 11.1 Å². The zero-order chi connectivity index (χ0) is 10.7. The predicted octanol–water partition coefficient (Wildman–Crippen LogP) is 2.39. The van der Waals surface area contributed by atoms with Gasteiger partial charge in [-0.1, -0.05) is 6.07 Å². The SMILES string of the molecule is COc1c(Br)cc(C)cc1CC(=O)O. The van der Waals surface area contributed by atoms with E-state index in [1.807, 2.05) is 19.1 Å². The van der Waals surface area contributed by atoms with Crippen LogP contribution < -0.4 is 4.74 Å². The highest BCUT2D eigenvalue weighted by Crippen LogP contribution is 2.30. The maximum Gasteiger partial charge on any atom is 0.307 e. The summed E-state index contributed by atoms with van der Waals surface area (Å²) in [5.41, 5.74) is 1.70. The second kappa shape index (κ2) is 4.46. The van der Waals surface area contributed by atoms with E-state index in [4.69, 9.17) is 9.84 Å². The summed E-state index contributed by atoms with van der Waals surface area (Å²) in [6.07, 6.45) is -0.0244. The molecule has 0 atom stereocenters. The number of rotatable bonds is 3. The van der Waals surface area contributed by atoms with Gasteiger partial charge >= 0.3 is 5.97 Å². The lowest BCUT2D eigenvalue weighted by Gasteiger charge is -2.09. The van der Waals surface area contributed by atoms with E-state index in [0.29, 0.717) is 11.3 Å². The van der Waals surface area contributed by atoms with Crippen molar-refractivity contribution in [3.63, 3.8) is 0 Å². The standard InChI is InChI=1S/C10H11BrO3/c1-6-3-7(5-9(12)13)10(14-2)8(11)4-6/h3-4H,5H2,1-2H3,(H,12,13). The molecular formula is C10H11BrO3. The monoisotopic (exact) mass is 258 g/mol. The molecule has 0 saturated carbocycles. The number of benzene rings is 1. The van der Waals surface area contributed by atoms with Gasteiger partial charge in [-0.3, -0.25) is 4.79 Å². The molecule has 0 aliphatic rings. The summed E-state index contributed by atoms with van der Waals surface area (Å²) >= 11 is 3.33. The molecule has 14 heavy (non-hydrogen) atoms. The van der Waals surface area contributed by atoms with Gasteiger partial charge in [0, 0.05) is 5.56 Å². The lowest BCUT2D eigenvalue weighted by atomic mass is 10.1. The Hall–Kier alpha value is -1.03. The molecule has 0 heterocycles. The first-order chi connectivity index (χ1) is 6.54. The number of aryl methyl sites for hydroxylation is 1. The first kappa shape index (κ1) is 11.0. The topological polar surface area (TPSA) is 46.5 Å². The fraction of sp³-hybridized carbons (Fsp3) is 0.300. The molecule has 1 aromatic rings. The van der Waals surface area contributed by atoms with Crippen LogP contribution in [0.25, 0.3) is 0 Å². The van der Waals surface area contributed by atoms with Crippen LogP contribution in [0.15, 0.2) is 16.6 Å². The molecule has 1 rings (SSSR count). The molecule has 0 unspecified atom stereocenters. The molecule has 1 N–H and O–H groups in total. The van der Waals surface area contributed by atoms with E-state index in [-0.39, 0.29) is 6.42 Å². The zero-order valence-electron chi connectivity index (χ0n) is 8.00. The molecule has 0 saturated heterocycles. The van der Waals surface area contributed by atoms with E-state index in [1.165, 1.54) is 7.11 Å². The third-order valence-corrected chi connectivity index (χ3v) is 2.40. The van der Waals surface area contributed by atoms with Crippen molar-refractivity contribution in [1.29, 1.82) is 0 Å². The molecule has 0 radical (unpaired) electrons. The molecular weight excluding hydrogens is 248 g/mol. The number of aliphatic carboxylic acids is 1. The van der Waals surface area contributed by atoms with Gasteiger partial charge in [-0.2, -0.15) is 0 Å². The number of carbonyl (C=O) groups is 1. The molecule has 0 amide bonds. The van der Waals surface area contributed by atoms with Crippen LogP contribution in [0.4, 0.5) is 0 Å². The van der Waals surface area contributed by atoms with E-state index in [0.717, 1.165) is 10.0 Å². The lowest BCUT2D eigenvalue weighted by molar-refractivity contribution is -0.136. The maximum absolute atomic E-state index is 10.6. The van der Waals surface area contributed by atoms with E-state index >= 15 is 0 Å². The lowest BCUT2D eigenvalue weighted by Crippen LogP contribution is -2.03. The number of ether oxygens (including phenoxy) is 1. The first-order valence-electron chi connectivity index (χ1n) is 4.09. The second-order valence-corrected chi connectivity index (χ2v) is 3.86. The van der Waals surface area contributed by atoms with Crippen LogP contribution in [0.2, 0.25) is 0 Å². The molecule has 76 valence electrons. The van der Waals surface area contributed by atoms with Gasteiger partial charge in [0.2, 0.25) is 0 Å².